The van der Waals surface area contributed by atoms with E-state index in [0.29, 0.717) is 0 Å². The Balaban J connectivity index is 1.73. The van der Waals surface area contributed by atoms with Crippen LogP contribution >= 0.6 is 0 Å². The molecule has 5 nitrogen and oxygen atoms in total. The normalized spacial score (nSPS) is 13.7. The third-order valence-electron chi connectivity index (χ3n) is 4.76. The van der Waals surface area contributed by atoms with Crippen LogP contribution in [0, 0.1) is 0 Å². The molecule has 2 aromatic carbocycles. The smallest absolute Gasteiger partial charge is 0.409 e. The summed E-state index contributed by atoms with van der Waals surface area (Å²) in [5.41, 5.74) is 4.65. The van der Waals surface area contributed by atoms with Gasteiger partial charge in [0.25, 0.3) is 0 Å². The highest BCUT2D eigenvalue weighted by Gasteiger charge is 2.29. The van der Waals surface area contributed by atoms with Crippen LogP contribution in [0.3, 0.4) is 0 Å². The van der Waals surface area contributed by atoms with Gasteiger partial charge in [0, 0.05) is 19.0 Å². The molecule has 0 aliphatic heterocycles. The number of carbonyl (C=O) groups excluding carboxylic acids is 1. The summed E-state index contributed by atoms with van der Waals surface area (Å²) < 4.78 is 5.50. The molecule has 1 amide bonds. The van der Waals surface area contributed by atoms with Gasteiger partial charge in [-0.3, -0.25) is 4.79 Å². The predicted octanol–water partition coefficient (Wildman–Crippen LogP) is 3.73. The molecular weight excluding hydrogens is 318 g/mol. The number of hydrogen-bond acceptors (Lipinski definition) is 3. The van der Waals surface area contributed by atoms with Gasteiger partial charge in [-0.15, -0.1) is 0 Å². The molecule has 1 atom stereocenters. The van der Waals surface area contributed by atoms with Crippen LogP contribution in [0.1, 0.15) is 30.4 Å². The number of ether oxygens (including phenoxy) is 1. The zero-order valence-corrected chi connectivity index (χ0v) is 14.3. The highest BCUT2D eigenvalue weighted by atomic mass is 16.6. The molecule has 2 aromatic rings. The molecule has 0 radical (unpaired) electrons. The highest BCUT2D eigenvalue weighted by molar-refractivity contribution is 5.79. The molecular formula is C20H21NO4. The van der Waals surface area contributed by atoms with Gasteiger partial charge in [-0.1, -0.05) is 48.5 Å². The summed E-state index contributed by atoms with van der Waals surface area (Å²) in [6.07, 6.45) is -0.614. The molecule has 1 aliphatic rings. The standard InChI is InChI=1S/C20H21NO4/c1-13(11-19(22)23)21(2)20(24)25-12-18-16-9-5-3-7-14(16)15-8-4-6-10-17(15)18/h3-10,13,18H,11-12H2,1-2H3,(H,22,23)/t13-/m0/s1. The van der Waals surface area contributed by atoms with Gasteiger partial charge in [0.2, 0.25) is 0 Å². The summed E-state index contributed by atoms with van der Waals surface area (Å²) in [6, 6.07) is 15.8. The van der Waals surface area contributed by atoms with Crippen molar-refractivity contribution in [3.8, 4) is 11.1 Å². The molecule has 25 heavy (non-hydrogen) atoms. The lowest BCUT2D eigenvalue weighted by Gasteiger charge is -2.24. The lowest BCUT2D eigenvalue weighted by molar-refractivity contribution is -0.138. The average Bonchev–Trinajstić information content (AvgIpc) is 2.92. The number of carboxylic acids is 1. The van der Waals surface area contributed by atoms with E-state index in [-0.39, 0.29) is 18.9 Å². The lowest BCUT2D eigenvalue weighted by atomic mass is 9.98. The van der Waals surface area contributed by atoms with E-state index in [4.69, 9.17) is 9.84 Å². The summed E-state index contributed by atoms with van der Waals surface area (Å²) in [7, 11) is 1.56. The van der Waals surface area contributed by atoms with Crippen LogP contribution in [0.15, 0.2) is 48.5 Å². The Hall–Kier alpha value is -2.82. The van der Waals surface area contributed by atoms with Crippen molar-refractivity contribution in [1.82, 2.24) is 4.90 Å². The van der Waals surface area contributed by atoms with E-state index in [2.05, 4.69) is 24.3 Å². The molecule has 0 spiro atoms. The van der Waals surface area contributed by atoms with Crippen LogP contribution in [0.25, 0.3) is 11.1 Å². The molecule has 3 rings (SSSR count). The second kappa shape index (κ2) is 6.97. The Morgan fingerprint density at radius 3 is 2.12 bits per heavy atom. The summed E-state index contributed by atoms with van der Waals surface area (Å²) in [5, 5.41) is 8.86. The number of aliphatic carboxylic acids is 1. The van der Waals surface area contributed by atoms with Gasteiger partial charge in [0.1, 0.15) is 6.61 Å². The quantitative estimate of drug-likeness (QED) is 0.901. The SMILES string of the molecule is C[C@@H](CC(=O)O)N(C)C(=O)OCC1c2ccccc2-c2ccccc21. The Labute approximate surface area is 146 Å². The van der Waals surface area contributed by atoms with Gasteiger partial charge in [0.05, 0.1) is 6.42 Å². The molecule has 0 bridgehead atoms. The molecule has 0 fully saturated rings. The summed E-state index contributed by atoms with van der Waals surface area (Å²) in [5.74, 6) is -0.940. The molecule has 5 heteroatoms. The van der Waals surface area contributed by atoms with Crippen LogP contribution < -0.4 is 0 Å². The van der Waals surface area contributed by atoms with Crippen LogP contribution in [0.2, 0.25) is 0 Å². The van der Waals surface area contributed by atoms with Gasteiger partial charge >= 0.3 is 12.1 Å². The van der Waals surface area contributed by atoms with Gasteiger partial charge in [-0.25, -0.2) is 4.79 Å². The number of carbonyl (C=O) groups is 2. The molecule has 0 aromatic heterocycles. The van der Waals surface area contributed by atoms with Crippen molar-refractivity contribution in [3.05, 3.63) is 59.7 Å². The topological polar surface area (TPSA) is 66.8 Å². The summed E-state index contributed by atoms with van der Waals surface area (Å²) >= 11 is 0. The molecule has 0 unspecified atom stereocenters. The fourth-order valence-electron chi connectivity index (χ4n) is 3.27. The van der Waals surface area contributed by atoms with Crippen molar-refractivity contribution in [2.24, 2.45) is 0 Å². The van der Waals surface area contributed by atoms with Crippen molar-refractivity contribution in [1.29, 1.82) is 0 Å². The number of rotatable bonds is 5. The van der Waals surface area contributed by atoms with Crippen molar-refractivity contribution in [3.63, 3.8) is 0 Å². The molecule has 0 heterocycles. The summed E-state index contributed by atoms with van der Waals surface area (Å²) in [4.78, 5) is 24.4. The van der Waals surface area contributed by atoms with E-state index in [1.807, 2.05) is 24.3 Å². The predicted molar refractivity (Wildman–Crippen MR) is 94.5 cm³/mol. The molecule has 0 saturated carbocycles. The first kappa shape index (κ1) is 17.0. The van der Waals surface area contributed by atoms with Crippen molar-refractivity contribution in [2.75, 3.05) is 13.7 Å². The lowest BCUT2D eigenvalue weighted by Crippen LogP contribution is -2.37. The van der Waals surface area contributed by atoms with E-state index in [9.17, 15) is 9.59 Å². The Morgan fingerprint density at radius 1 is 1.08 bits per heavy atom. The van der Waals surface area contributed by atoms with E-state index in [0.717, 1.165) is 11.1 Å². The number of amides is 1. The number of fused-ring (bicyclic) bond motifs is 3. The third-order valence-corrected chi connectivity index (χ3v) is 4.76. The van der Waals surface area contributed by atoms with E-state index < -0.39 is 18.1 Å². The fraction of sp³-hybridized carbons (Fsp3) is 0.300. The van der Waals surface area contributed by atoms with Crippen molar-refractivity contribution in [2.45, 2.75) is 25.3 Å². The average molecular weight is 339 g/mol. The van der Waals surface area contributed by atoms with Gasteiger partial charge in [-0.05, 0) is 29.2 Å². The van der Waals surface area contributed by atoms with Crippen LogP contribution in [0.4, 0.5) is 4.79 Å². The second-order valence-corrected chi connectivity index (χ2v) is 6.36. The Kier molecular flexibility index (Phi) is 4.74. The van der Waals surface area contributed by atoms with Crippen LogP contribution in [-0.4, -0.2) is 41.8 Å². The van der Waals surface area contributed by atoms with Crippen molar-refractivity contribution < 1.29 is 19.4 Å². The summed E-state index contributed by atoms with van der Waals surface area (Å²) in [6.45, 7) is 1.92. The zero-order valence-electron chi connectivity index (χ0n) is 14.3. The molecule has 1 N–H and O–H groups in total. The second-order valence-electron chi connectivity index (χ2n) is 6.36. The molecule has 130 valence electrons. The minimum Gasteiger partial charge on any atom is -0.481 e. The largest absolute Gasteiger partial charge is 0.481 e. The van der Waals surface area contributed by atoms with Crippen molar-refractivity contribution >= 4 is 12.1 Å². The first-order valence-corrected chi connectivity index (χ1v) is 8.28. The van der Waals surface area contributed by atoms with E-state index in [1.165, 1.54) is 16.0 Å². The minimum atomic E-state index is -0.939. The monoisotopic (exact) mass is 339 g/mol. The van der Waals surface area contributed by atoms with Gasteiger partial charge in [-0.2, -0.15) is 0 Å². The van der Waals surface area contributed by atoms with E-state index >= 15 is 0 Å². The Morgan fingerprint density at radius 2 is 1.60 bits per heavy atom. The fourth-order valence-corrected chi connectivity index (χ4v) is 3.27. The van der Waals surface area contributed by atoms with Gasteiger partial charge < -0.3 is 14.7 Å². The number of hydrogen-bond donors (Lipinski definition) is 1. The van der Waals surface area contributed by atoms with Crippen LogP contribution in [0.5, 0.6) is 0 Å². The van der Waals surface area contributed by atoms with Crippen LogP contribution in [-0.2, 0) is 9.53 Å². The first-order chi connectivity index (χ1) is 12.0. The minimum absolute atomic E-state index is 0.000435. The first-order valence-electron chi connectivity index (χ1n) is 8.28. The molecule has 0 saturated heterocycles. The van der Waals surface area contributed by atoms with E-state index in [1.54, 1.807) is 14.0 Å². The maximum Gasteiger partial charge on any atom is 0.409 e. The molecule has 1 aliphatic carbocycles. The Bertz CT molecular complexity index is 756. The maximum absolute atomic E-state index is 12.3. The highest BCUT2D eigenvalue weighted by Crippen LogP contribution is 2.44. The number of carboxylic acid groups (broad SMARTS) is 1. The maximum atomic E-state index is 12.3. The number of nitrogens with zero attached hydrogens (tertiary/aromatic N) is 1. The third kappa shape index (κ3) is 3.36. The van der Waals surface area contributed by atoms with Gasteiger partial charge in [0.15, 0.2) is 0 Å². The number of benzene rings is 2. The zero-order chi connectivity index (χ0) is 18.0.